The molecule has 0 bridgehead atoms. The highest BCUT2D eigenvalue weighted by atomic mass is 16.7. The molecule has 49 heavy (non-hydrogen) atoms. The van der Waals surface area contributed by atoms with Crippen LogP contribution in [0.2, 0.25) is 0 Å². The fourth-order valence-corrected chi connectivity index (χ4v) is 5.64. The quantitative estimate of drug-likeness (QED) is 0.0579. The molecule has 7 N–H and O–H groups in total. The third kappa shape index (κ3) is 15.4. The van der Waals surface area contributed by atoms with Gasteiger partial charge in [0.25, 0.3) is 0 Å². The van der Waals surface area contributed by atoms with Crippen LogP contribution in [0.15, 0.2) is 0 Å². The van der Waals surface area contributed by atoms with E-state index in [0.717, 1.165) is 19.3 Å². The van der Waals surface area contributed by atoms with Crippen LogP contribution in [0.5, 0.6) is 0 Å². The Kier molecular flexibility index (Phi) is 20.1. The number of amides is 1. The van der Waals surface area contributed by atoms with Crippen molar-refractivity contribution in [2.75, 3.05) is 39.4 Å². The number of aliphatic hydroxyl groups excluding tert-OH is 6. The van der Waals surface area contributed by atoms with Gasteiger partial charge < -0.3 is 54.9 Å². The Morgan fingerprint density at radius 2 is 0.959 bits per heavy atom. The van der Waals surface area contributed by atoms with Crippen molar-refractivity contribution in [1.82, 2.24) is 10.2 Å². The molecule has 284 valence electrons. The van der Waals surface area contributed by atoms with Crippen LogP contribution < -0.4 is 5.32 Å². The Labute approximate surface area is 288 Å². The minimum Gasteiger partial charge on any atom is -0.388 e. The molecular weight excluding hydrogens is 648 g/mol. The number of hydrogen-bond donors (Lipinski definition) is 7. The first-order chi connectivity index (χ1) is 23.2. The van der Waals surface area contributed by atoms with Crippen LogP contribution in [-0.2, 0) is 38.1 Å². The van der Waals surface area contributed by atoms with Crippen molar-refractivity contribution in [3.05, 3.63) is 0 Å². The van der Waals surface area contributed by atoms with Crippen LogP contribution in [0.3, 0.4) is 0 Å². The summed E-state index contributed by atoms with van der Waals surface area (Å²) in [5.74, 6) is -0.578. The van der Waals surface area contributed by atoms with E-state index in [1.165, 1.54) is 18.7 Å². The number of ketones is 3. The van der Waals surface area contributed by atoms with E-state index in [4.69, 9.17) is 18.9 Å². The van der Waals surface area contributed by atoms with Crippen molar-refractivity contribution < 1.29 is 68.8 Å². The second-order valence-electron chi connectivity index (χ2n) is 12.9. The number of aliphatic hydroxyl groups is 6. The van der Waals surface area contributed by atoms with E-state index in [1.807, 2.05) is 6.92 Å². The molecule has 1 unspecified atom stereocenters. The number of nitrogens with zero attached hydrogens (tertiary/aromatic N) is 1. The summed E-state index contributed by atoms with van der Waals surface area (Å²) < 4.78 is 21.8. The lowest BCUT2D eigenvalue weighted by Crippen LogP contribution is -2.57. The zero-order chi connectivity index (χ0) is 36.5. The third-order valence-electron chi connectivity index (χ3n) is 8.56. The Morgan fingerprint density at radius 3 is 1.37 bits per heavy atom. The molecule has 2 saturated heterocycles. The highest BCUT2D eigenvalue weighted by molar-refractivity contribution is 5.86. The monoisotopic (exact) mass is 706 g/mol. The Balaban J connectivity index is 1.81. The smallest absolute Gasteiger partial charge is 0.219 e. The minimum absolute atomic E-state index is 0.00275. The van der Waals surface area contributed by atoms with Gasteiger partial charge in [-0.25, -0.2) is 0 Å². The van der Waals surface area contributed by atoms with Crippen LogP contribution in [0.4, 0.5) is 0 Å². The molecule has 0 spiro atoms. The van der Waals surface area contributed by atoms with Crippen LogP contribution in [0.25, 0.3) is 0 Å². The number of ether oxygens (including phenoxy) is 4. The molecule has 0 aromatic heterocycles. The number of Topliss-reactive ketones (excluding diaryl/α,β-unsaturated/α-hetero) is 3. The average molecular weight is 707 g/mol. The summed E-state index contributed by atoms with van der Waals surface area (Å²) in [5, 5.41) is 62.5. The van der Waals surface area contributed by atoms with Crippen molar-refractivity contribution in [3.63, 3.8) is 0 Å². The van der Waals surface area contributed by atoms with Crippen LogP contribution >= 0.6 is 0 Å². The molecule has 2 rings (SSSR count). The number of unbranched alkanes of at least 4 members (excludes halogenated alkanes) is 3. The van der Waals surface area contributed by atoms with Gasteiger partial charge >= 0.3 is 0 Å². The van der Waals surface area contributed by atoms with Gasteiger partial charge in [-0.2, -0.15) is 0 Å². The summed E-state index contributed by atoms with van der Waals surface area (Å²) in [6.07, 6.45) is -7.89. The second-order valence-corrected chi connectivity index (χ2v) is 12.9. The summed E-state index contributed by atoms with van der Waals surface area (Å²) in [4.78, 5) is 51.6. The highest BCUT2D eigenvalue weighted by Gasteiger charge is 2.43. The van der Waals surface area contributed by atoms with Gasteiger partial charge in [0, 0.05) is 32.2 Å². The van der Waals surface area contributed by atoms with Crippen molar-refractivity contribution in [3.8, 4) is 0 Å². The van der Waals surface area contributed by atoms with Crippen molar-refractivity contribution in [2.45, 2.75) is 146 Å². The Hall–Kier alpha value is -1.96. The molecule has 2 aliphatic rings. The molecule has 1 amide bonds. The fourth-order valence-electron chi connectivity index (χ4n) is 5.64. The van der Waals surface area contributed by atoms with E-state index in [9.17, 15) is 49.8 Å². The molecule has 0 aromatic rings. The molecule has 10 atom stereocenters. The first-order valence-corrected chi connectivity index (χ1v) is 17.4. The Morgan fingerprint density at radius 1 is 0.571 bits per heavy atom. The van der Waals surface area contributed by atoms with Gasteiger partial charge in [0.05, 0.1) is 45.1 Å². The van der Waals surface area contributed by atoms with Crippen LogP contribution in [0, 0.1) is 0 Å². The summed E-state index contributed by atoms with van der Waals surface area (Å²) in [7, 11) is 0. The van der Waals surface area contributed by atoms with Crippen LogP contribution in [0.1, 0.15) is 85.0 Å². The maximum atomic E-state index is 12.9. The molecule has 2 aliphatic heterocycles. The molecule has 16 nitrogen and oxygen atoms in total. The molecule has 0 saturated carbocycles. The zero-order valence-corrected chi connectivity index (χ0v) is 29.0. The van der Waals surface area contributed by atoms with Gasteiger partial charge in [-0.3, -0.25) is 24.1 Å². The third-order valence-corrected chi connectivity index (χ3v) is 8.56. The SMILES string of the molecule is CCNC(=O)CCCCCCC(=O)CN(CC(=O)CCCOC1O[C@@H](C)[C@@H](O)[C@@H](O)[C@@H]1O)CC(=O)CCCO[C@@H]1O[C@@H](C)[C@@H](O)[C@@H](O)[C@@H]1O. The van der Waals surface area contributed by atoms with E-state index in [0.29, 0.717) is 19.4 Å². The molecule has 2 heterocycles. The molecule has 0 aromatic carbocycles. The topological polar surface area (TPSA) is 242 Å². The van der Waals surface area contributed by atoms with Gasteiger partial charge in [0.15, 0.2) is 12.6 Å². The fraction of sp³-hybridized carbons (Fsp3) is 0.879. The number of carbonyl (C=O) groups is 4. The number of rotatable bonds is 24. The lowest BCUT2D eigenvalue weighted by molar-refractivity contribution is -0.293. The predicted octanol–water partition coefficient (Wildman–Crippen LogP) is -1.28. The minimum atomic E-state index is -1.45. The molecular formula is C33H58N2O14. The summed E-state index contributed by atoms with van der Waals surface area (Å²) in [6, 6.07) is 0. The van der Waals surface area contributed by atoms with Gasteiger partial charge in [-0.15, -0.1) is 0 Å². The zero-order valence-electron chi connectivity index (χ0n) is 29.0. The van der Waals surface area contributed by atoms with E-state index >= 15 is 0 Å². The van der Waals surface area contributed by atoms with Crippen molar-refractivity contribution >= 4 is 23.3 Å². The van der Waals surface area contributed by atoms with Gasteiger partial charge in [-0.1, -0.05) is 12.8 Å². The van der Waals surface area contributed by atoms with Crippen molar-refractivity contribution in [1.29, 1.82) is 0 Å². The maximum absolute atomic E-state index is 12.9. The normalized spacial score (nSPS) is 30.3. The van der Waals surface area contributed by atoms with Gasteiger partial charge in [-0.05, 0) is 46.5 Å². The van der Waals surface area contributed by atoms with Gasteiger partial charge in [0.2, 0.25) is 5.91 Å². The van der Waals surface area contributed by atoms with Gasteiger partial charge in [0.1, 0.15) is 54.0 Å². The second kappa shape index (κ2) is 22.8. The van der Waals surface area contributed by atoms with E-state index < -0.39 is 61.4 Å². The summed E-state index contributed by atoms with van der Waals surface area (Å²) in [5.41, 5.74) is 0. The predicted molar refractivity (Wildman–Crippen MR) is 173 cm³/mol. The van der Waals surface area contributed by atoms with Crippen LogP contribution in [-0.4, -0.2) is 160 Å². The van der Waals surface area contributed by atoms with Crippen molar-refractivity contribution in [2.24, 2.45) is 0 Å². The summed E-state index contributed by atoms with van der Waals surface area (Å²) >= 11 is 0. The largest absolute Gasteiger partial charge is 0.388 e. The number of hydrogen-bond acceptors (Lipinski definition) is 15. The molecule has 0 radical (unpaired) electrons. The molecule has 16 heteroatoms. The van der Waals surface area contributed by atoms with E-state index in [1.54, 1.807) is 0 Å². The standard InChI is InChI=1S/C33H58N2O14/c1-4-34-25(39)14-8-6-5-7-11-22(36)17-35(18-23(37)12-9-15-46-32-30(44)28(42)26(40)20(2)48-32)19-24(38)13-10-16-47-33-31(45)29(43)27(41)21(3)49-33/h20-21,26-33,40-45H,4-19H2,1-3H3,(H,34,39)/t20-,21-,26+,27+,28+,29+,30-,31-,32+,33?/m0/s1. The lowest BCUT2D eigenvalue weighted by Gasteiger charge is -2.38. The number of nitrogens with one attached hydrogen (secondary N) is 1. The van der Waals surface area contributed by atoms with E-state index in [2.05, 4.69) is 5.32 Å². The lowest BCUT2D eigenvalue weighted by atomic mass is 10.00. The van der Waals surface area contributed by atoms with E-state index in [-0.39, 0.29) is 88.2 Å². The first kappa shape index (κ1) is 43.2. The molecule has 0 aliphatic carbocycles. The number of carbonyl (C=O) groups excluding carboxylic acids is 4. The maximum Gasteiger partial charge on any atom is 0.219 e. The molecule has 2 fully saturated rings. The summed E-state index contributed by atoms with van der Waals surface area (Å²) in [6.45, 7) is 5.17. The average Bonchev–Trinajstić information content (AvgIpc) is 3.05. The first-order valence-electron chi connectivity index (χ1n) is 17.4. The Bertz CT molecular complexity index is 962. The highest BCUT2D eigenvalue weighted by Crippen LogP contribution is 2.23.